The van der Waals surface area contributed by atoms with Gasteiger partial charge >= 0.3 is 0 Å². The molecule has 0 fully saturated rings. The summed E-state index contributed by atoms with van der Waals surface area (Å²) in [4.78, 5) is 16.3. The lowest BCUT2D eigenvalue weighted by atomic mass is 9.86. The Hall–Kier alpha value is -2.95. The number of nitrogens with one attached hydrogen (secondary N) is 1. The molecule has 0 saturated heterocycles. The van der Waals surface area contributed by atoms with Crippen LogP contribution in [0.15, 0.2) is 54.9 Å². The van der Waals surface area contributed by atoms with E-state index in [9.17, 15) is 4.79 Å². The highest BCUT2D eigenvalue weighted by molar-refractivity contribution is 5.94. The molecule has 0 bridgehead atoms. The van der Waals surface area contributed by atoms with E-state index >= 15 is 0 Å². The number of carbonyl (C=O) groups excluding carboxylic acids is 1. The third-order valence-corrected chi connectivity index (χ3v) is 4.51. The van der Waals surface area contributed by atoms with Crippen LogP contribution in [0.5, 0.6) is 0 Å². The molecule has 1 aromatic carbocycles. The third kappa shape index (κ3) is 2.58. The summed E-state index contributed by atoms with van der Waals surface area (Å²) in [6, 6.07) is 14.1. The highest BCUT2D eigenvalue weighted by atomic mass is 16.1. The second kappa shape index (κ2) is 5.92. The van der Waals surface area contributed by atoms with E-state index < -0.39 is 0 Å². The van der Waals surface area contributed by atoms with Gasteiger partial charge in [0.05, 0.1) is 6.54 Å². The van der Waals surface area contributed by atoms with Gasteiger partial charge in [-0.3, -0.25) is 14.5 Å². The smallest absolute Gasteiger partial charge is 0.226 e. The molecule has 5 heteroatoms. The van der Waals surface area contributed by atoms with Crippen molar-refractivity contribution in [2.24, 2.45) is 0 Å². The van der Waals surface area contributed by atoms with Crippen molar-refractivity contribution in [1.82, 2.24) is 14.8 Å². The van der Waals surface area contributed by atoms with Gasteiger partial charge in [-0.05, 0) is 24.1 Å². The molecule has 3 aromatic rings. The van der Waals surface area contributed by atoms with Crippen LogP contribution in [0.1, 0.15) is 34.7 Å². The number of fused-ring (bicyclic) bond motifs is 1. The zero-order chi connectivity index (χ0) is 16.5. The van der Waals surface area contributed by atoms with Gasteiger partial charge in [-0.1, -0.05) is 36.4 Å². The van der Waals surface area contributed by atoms with E-state index in [-0.39, 0.29) is 11.8 Å². The topological polar surface area (TPSA) is 59.8 Å². The van der Waals surface area contributed by atoms with Crippen LogP contribution >= 0.6 is 0 Å². The molecule has 1 unspecified atom stereocenters. The molecular formula is C19H18N4O. The maximum Gasteiger partial charge on any atom is 0.226 e. The number of hydrogen-bond donors (Lipinski definition) is 1. The first kappa shape index (κ1) is 14.6. The molecule has 24 heavy (non-hydrogen) atoms. The molecule has 120 valence electrons. The average molecular weight is 318 g/mol. The molecule has 1 amide bonds. The lowest BCUT2D eigenvalue weighted by Gasteiger charge is -2.22. The third-order valence-electron chi connectivity index (χ3n) is 4.51. The number of nitrogens with zero attached hydrogens (tertiary/aromatic N) is 3. The van der Waals surface area contributed by atoms with Crippen molar-refractivity contribution in [3.8, 4) is 0 Å². The van der Waals surface area contributed by atoms with Crippen LogP contribution in [0.25, 0.3) is 0 Å². The molecule has 1 aliphatic heterocycles. The first-order valence-electron chi connectivity index (χ1n) is 8.03. The summed E-state index contributed by atoms with van der Waals surface area (Å²) in [5.74, 6) is 0.682. The van der Waals surface area contributed by atoms with Gasteiger partial charge in [0.1, 0.15) is 0 Å². The van der Waals surface area contributed by atoms with Gasteiger partial charge in [0.2, 0.25) is 5.91 Å². The van der Waals surface area contributed by atoms with Crippen LogP contribution in [0.4, 0.5) is 5.82 Å². The fraction of sp³-hybridized carbons (Fsp3) is 0.211. The SMILES string of the molecule is Cc1c2c(nn1Cc1ccccc1)NC(=O)CC2c1cccnc1. The maximum atomic E-state index is 12.1. The molecule has 4 rings (SSSR count). The Balaban J connectivity index is 1.76. The molecule has 3 heterocycles. The van der Waals surface area contributed by atoms with Crippen molar-refractivity contribution in [2.45, 2.75) is 25.8 Å². The molecule has 0 aliphatic carbocycles. The number of hydrogen-bond acceptors (Lipinski definition) is 3. The number of amides is 1. The zero-order valence-electron chi connectivity index (χ0n) is 13.4. The standard InChI is InChI=1S/C19H18N4O/c1-13-18-16(15-8-5-9-20-11-15)10-17(24)21-19(18)22-23(13)12-14-6-3-2-4-7-14/h2-9,11,16H,10,12H2,1H3,(H,21,22,24). The second-order valence-corrected chi connectivity index (χ2v) is 6.08. The first-order valence-corrected chi connectivity index (χ1v) is 8.03. The van der Waals surface area contributed by atoms with Gasteiger partial charge in [0.15, 0.2) is 5.82 Å². The number of rotatable bonds is 3. The van der Waals surface area contributed by atoms with Crippen molar-refractivity contribution in [3.05, 3.63) is 77.2 Å². The first-order chi connectivity index (χ1) is 11.7. The maximum absolute atomic E-state index is 12.1. The molecule has 1 N–H and O–H groups in total. The number of benzene rings is 1. The van der Waals surface area contributed by atoms with E-state index in [2.05, 4.69) is 34.5 Å². The van der Waals surface area contributed by atoms with Crippen molar-refractivity contribution in [2.75, 3.05) is 5.32 Å². The minimum Gasteiger partial charge on any atom is -0.309 e. The van der Waals surface area contributed by atoms with Gasteiger partial charge in [0.25, 0.3) is 0 Å². The molecule has 5 nitrogen and oxygen atoms in total. The summed E-state index contributed by atoms with van der Waals surface area (Å²) >= 11 is 0. The predicted octanol–water partition coefficient (Wildman–Crippen LogP) is 3.11. The Labute approximate surface area is 140 Å². The fourth-order valence-electron chi connectivity index (χ4n) is 3.32. The molecule has 1 aliphatic rings. The molecule has 2 aromatic heterocycles. The minimum atomic E-state index is 0.000661. The van der Waals surface area contributed by atoms with E-state index in [0.29, 0.717) is 18.8 Å². The van der Waals surface area contributed by atoms with E-state index in [0.717, 1.165) is 16.8 Å². The molecule has 1 atom stereocenters. The Morgan fingerprint density at radius 3 is 2.79 bits per heavy atom. The van der Waals surface area contributed by atoms with E-state index in [1.54, 1.807) is 6.20 Å². The number of anilines is 1. The minimum absolute atomic E-state index is 0.000661. The van der Waals surface area contributed by atoms with E-state index in [1.165, 1.54) is 5.56 Å². The van der Waals surface area contributed by atoms with Gasteiger partial charge in [-0.25, -0.2) is 0 Å². The Morgan fingerprint density at radius 2 is 2.04 bits per heavy atom. The Bertz CT molecular complexity index is 871. The second-order valence-electron chi connectivity index (χ2n) is 6.08. The quantitative estimate of drug-likeness (QED) is 0.807. The van der Waals surface area contributed by atoms with Crippen molar-refractivity contribution in [3.63, 3.8) is 0 Å². The van der Waals surface area contributed by atoms with Crippen LogP contribution < -0.4 is 5.32 Å². The van der Waals surface area contributed by atoms with Gasteiger partial charge in [-0.2, -0.15) is 5.10 Å². The molecule has 0 radical (unpaired) electrons. The lowest BCUT2D eigenvalue weighted by molar-refractivity contribution is -0.116. The van der Waals surface area contributed by atoms with Crippen LogP contribution in [0.3, 0.4) is 0 Å². The van der Waals surface area contributed by atoms with Gasteiger partial charge in [-0.15, -0.1) is 0 Å². The largest absolute Gasteiger partial charge is 0.309 e. The average Bonchev–Trinajstić information content (AvgIpc) is 2.91. The monoisotopic (exact) mass is 318 g/mol. The number of aromatic nitrogens is 3. The van der Waals surface area contributed by atoms with Gasteiger partial charge in [0, 0.05) is 36.0 Å². The summed E-state index contributed by atoms with van der Waals surface area (Å²) in [7, 11) is 0. The van der Waals surface area contributed by atoms with Crippen LogP contribution in [0, 0.1) is 6.92 Å². The van der Waals surface area contributed by atoms with Crippen molar-refractivity contribution >= 4 is 11.7 Å². The number of carbonyl (C=O) groups is 1. The highest BCUT2D eigenvalue weighted by Crippen LogP contribution is 2.38. The Morgan fingerprint density at radius 1 is 1.21 bits per heavy atom. The zero-order valence-corrected chi connectivity index (χ0v) is 13.4. The molecule has 0 spiro atoms. The predicted molar refractivity (Wildman–Crippen MR) is 91.8 cm³/mol. The number of pyridine rings is 1. The van der Waals surface area contributed by atoms with E-state index in [4.69, 9.17) is 0 Å². The molecule has 0 saturated carbocycles. The van der Waals surface area contributed by atoms with Crippen molar-refractivity contribution in [1.29, 1.82) is 0 Å². The summed E-state index contributed by atoms with van der Waals surface area (Å²) in [6.07, 6.45) is 4.01. The van der Waals surface area contributed by atoms with Crippen molar-refractivity contribution < 1.29 is 4.79 Å². The van der Waals surface area contributed by atoms with Crippen LogP contribution in [-0.4, -0.2) is 20.7 Å². The van der Waals surface area contributed by atoms with Crippen LogP contribution in [-0.2, 0) is 11.3 Å². The summed E-state index contributed by atoms with van der Waals surface area (Å²) in [6.45, 7) is 2.75. The fourth-order valence-corrected chi connectivity index (χ4v) is 3.32. The summed E-state index contributed by atoms with van der Waals surface area (Å²) in [5.41, 5.74) is 4.42. The van der Waals surface area contributed by atoms with E-state index in [1.807, 2.05) is 41.2 Å². The summed E-state index contributed by atoms with van der Waals surface area (Å²) < 4.78 is 1.97. The molecular weight excluding hydrogens is 300 g/mol. The van der Waals surface area contributed by atoms with Gasteiger partial charge < -0.3 is 5.32 Å². The summed E-state index contributed by atoms with van der Waals surface area (Å²) in [5, 5.41) is 7.55. The Kier molecular flexibility index (Phi) is 3.61. The highest BCUT2D eigenvalue weighted by Gasteiger charge is 2.31. The normalized spacial score (nSPS) is 16.5. The van der Waals surface area contributed by atoms with Crippen LogP contribution in [0.2, 0.25) is 0 Å². The lowest BCUT2D eigenvalue weighted by Crippen LogP contribution is -2.23.